The van der Waals surface area contributed by atoms with E-state index in [4.69, 9.17) is 9.15 Å². The summed E-state index contributed by atoms with van der Waals surface area (Å²) in [7, 11) is 1.51. The number of hydrazone groups is 1. The van der Waals surface area contributed by atoms with E-state index in [1.165, 1.54) is 18.3 Å². The van der Waals surface area contributed by atoms with Gasteiger partial charge >= 0.3 is 0 Å². The molecular weight excluding hydrogens is 372 g/mol. The topological polar surface area (TPSA) is 97.0 Å². The van der Waals surface area contributed by atoms with Crippen molar-refractivity contribution in [3.63, 3.8) is 0 Å². The Morgan fingerprint density at radius 3 is 2.76 bits per heavy atom. The normalized spacial score (nSPS) is 15.9. The number of carbonyl (C=O) groups excluding carboxylic acids is 2. The second-order valence-corrected chi connectivity index (χ2v) is 6.43. The van der Waals surface area contributed by atoms with Gasteiger partial charge in [-0.15, -0.1) is 0 Å². The summed E-state index contributed by atoms with van der Waals surface area (Å²) in [5.41, 5.74) is 2.26. The van der Waals surface area contributed by atoms with Gasteiger partial charge < -0.3 is 14.5 Å². The lowest BCUT2D eigenvalue weighted by atomic mass is 10.0. The number of methoxy groups -OCH3 is 1. The van der Waals surface area contributed by atoms with Crippen LogP contribution in [0.3, 0.4) is 0 Å². The summed E-state index contributed by atoms with van der Waals surface area (Å²) in [4.78, 5) is 29.7. The van der Waals surface area contributed by atoms with Gasteiger partial charge in [0.2, 0.25) is 11.8 Å². The molecule has 0 spiro atoms. The molecule has 0 bridgehead atoms. The molecule has 29 heavy (non-hydrogen) atoms. The third-order valence-corrected chi connectivity index (χ3v) is 4.50. The van der Waals surface area contributed by atoms with Gasteiger partial charge in [0.1, 0.15) is 5.76 Å². The molecule has 1 aliphatic heterocycles. The number of anilines is 2. The van der Waals surface area contributed by atoms with Crippen molar-refractivity contribution in [2.24, 2.45) is 11.0 Å². The Hall–Kier alpha value is -3.94. The SMILES string of the molecule is COc1ccc(N2N=C(C)C(C(=O)Nc3cccc(-c4ccco4)c3)C2=O)cn1. The fourth-order valence-electron chi connectivity index (χ4n) is 3.08. The fraction of sp³-hybridized carbons (Fsp3) is 0.143. The number of benzene rings is 1. The van der Waals surface area contributed by atoms with Crippen molar-refractivity contribution < 1.29 is 18.7 Å². The smallest absolute Gasteiger partial charge is 0.265 e. The number of aromatic nitrogens is 1. The number of amides is 2. The number of hydrogen-bond donors (Lipinski definition) is 1. The predicted octanol–water partition coefficient (Wildman–Crippen LogP) is 3.33. The van der Waals surface area contributed by atoms with Crippen LogP contribution >= 0.6 is 0 Å². The van der Waals surface area contributed by atoms with E-state index in [9.17, 15) is 9.59 Å². The van der Waals surface area contributed by atoms with Crippen LogP contribution in [0.4, 0.5) is 11.4 Å². The van der Waals surface area contributed by atoms with Gasteiger partial charge in [0, 0.05) is 17.3 Å². The molecule has 2 amide bonds. The lowest BCUT2D eigenvalue weighted by Crippen LogP contribution is -2.36. The van der Waals surface area contributed by atoms with Crippen LogP contribution in [0.25, 0.3) is 11.3 Å². The maximum Gasteiger partial charge on any atom is 0.265 e. The highest BCUT2D eigenvalue weighted by molar-refractivity contribution is 6.28. The number of ether oxygens (including phenoxy) is 1. The highest BCUT2D eigenvalue weighted by atomic mass is 16.5. The second kappa shape index (κ2) is 7.59. The molecule has 1 aliphatic rings. The van der Waals surface area contributed by atoms with E-state index in [2.05, 4.69) is 15.4 Å². The molecule has 0 saturated heterocycles. The van der Waals surface area contributed by atoms with Gasteiger partial charge in [-0.2, -0.15) is 10.1 Å². The summed E-state index contributed by atoms with van der Waals surface area (Å²) >= 11 is 0. The van der Waals surface area contributed by atoms with Gasteiger partial charge in [-0.05, 0) is 37.3 Å². The van der Waals surface area contributed by atoms with Crippen molar-refractivity contribution >= 4 is 28.9 Å². The van der Waals surface area contributed by atoms with Crippen LogP contribution in [0.15, 0.2) is 70.5 Å². The third kappa shape index (κ3) is 3.60. The Bertz CT molecular complexity index is 1070. The Morgan fingerprint density at radius 2 is 2.07 bits per heavy atom. The Balaban J connectivity index is 1.51. The molecule has 1 unspecified atom stereocenters. The molecule has 4 rings (SSSR count). The van der Waals surface area contributed by atoms with Gasteiger partial charge in [0.15, 0.2) is 5.92 Å². The third-order valence-electron chi connectivity index (χ3n) is 4.50. The first kappa shape index (κ1) is 18.4. The van der Waals surface area contributed by atoms with Crippen molar-refractivity contribution in [3.05, 3.63) is 61.0 Å². The predicted molar refractivity (Wildman–Crippen MR) is 108 cm³/mol. The van der Waals surface area contributed by atoms with Crippen molar-refractivity contribution in [2.45, 2.75) is 6.92 Å². The highest BCUT2D eigenvalue weighted by Crippen LogP contribution is 2.27. The van der Waals surface area contributed by atoms with Crippen LogP contribution in [0.1, 0.15) is 6.92 Å². The maximum absolute atomic E-state index is 12.8. The van der Waals surface area contributed by atoms with Crippen LogP contribution in [-0.2, 0) is 9.59 Å². The largest absolute Gasteiger partial charge is 0.481 e. The minimum Gasteiger partial charge on any atom is -0.481 e. The summed E-state index contributed by atoms with van der Waals surface area (Å²) in [6.45, 7) is 1.65. The van der Waals surface area contributed by atoms with Crippen molar-refractivity contribution in [1.82, 2.24) is 4.98 Å². The second-order valence-electron chi connectivity index (χ2n) is 6.43. The van der Waals surface area contributed by atoms with Crippen LogP contribution in [0, 0.1) is 5.92 Å². The van der Waals surface area contributed by atoms with E-state index >= 15 is 0 Å². The van der Waals surface area contributed by atoms with E-state index in [0.29, 0.717) is 28.7 Å². The molecule has 3 aromatic rings. The standard InChI is InChI=1S/C21H18N4O4/c1-13-19(21(27)25(24-13)16-8-9-18(28-2)22-12-16)20(26)23-15-6-3-5-14(11-15)17-7-4-10-29-17/h3-12,19H,1-2H3,(H,23,26). The molecular formula is C21H18N4O4. The molecule has 1 aromatic carbocycles. The highest BCUT2D eigenvalue weighted by Gasteiger charge is 2.40. The summed E-state index contributed by atoms with van der Waals surface area (Å²) in [6.07, 6.45) is 3.06. The van der Waals surface area contributed by atoms with Gasteiger partial charge in [-0.3, -0.25) is 9.59 Å². The molecule has 0 radical (unpaired) electrons. The molecule has 8 heteroatoms. The molecule has 8 nitrogen and oxygen atoms in total. The molecule has 1 atom stereocenters. The number of nitrogens with one attached hydrogen (secondary N) is 1. The number of rotatable bonds is 5. The number of furan rings is 1. The first-order valence-electron chi connectivity index (χ1n) is 8.91. The zero-order valence-corrected chi connectivity index (χ0v) is 15.8. The van der Waals surface area contributed by atoms with Crippen molar-refractivity contribution in [3.8, 4) is 17.2 Å². The van der Waals surface area contributed by atoms with E-state index in [1.807, 2.05) is 12.1 Å². The molecule has 146 valence electrons. The lowest BCUT2D eigenvalue weighted by molar-refractivity contribution is -0.127. The van der Waals surface area contributed by atoms with Crippen LogP contribution in [0.2, 0.25) is 0 Å². The summed E-state index contributed by atoms with van der Waals surface area (Å²) in [5, 5.41) is 8.22. The zero-order chi connectivity index (χ0) is 20.4. The van der Waals surface area contributed by atoms with Gasteiger partial charge in [-0.1, -0.05) is 12.1 Å². The zero-order valence-electron chi connectivity index (χ0n) is 15.8. The quantitative estimate of drug-likeness (QED) is 0.674. The Labute approximate surface area is 166 Å². The molecule has 0 aliphatic carbocycles. The minimum absolute atomic E-state index is 0.408. The van der Waals surface area contributed by atoms with E-state index in [1.54, 1.807) is 49.6 Å². The van der Waals surface area contributed by atoms with E-state index in [0.717, 1.165) is 5.56 Å². The number of nitrogens with zero attached hydrogens (tertiary/aromatic N) is 3. The Kier molecular flexibility index (Phi) is 4.82. The molecule has 2 aromatic heterocycles. The number of hydrogen-bond acceptors (Lipinski definition) is 6. The summed E-state index contributed by atoms with van der Waals surface area (Å²) in [5.74, 6) is -0.781. The molecule has 3 heterocycles. The first-order chi connectivity index (χ1) is 14.1. The fourth-order valence-corrected chi connectivity index (χ4v) is 3.08. The average molecular weight is 390 g/mol. The van der Waals surface area contributed by atoms with E-state index < -0.39 is 17.7 Å². The summed E-state index contributed by atoms with van der Waals surface area (Å²) < 4.78 is 10.4. The van der Waals surface area contributed by atoms with Crippen LogP contribution < -0.4 is 15.1 Å². The van der Waals surface area contributed by atoms with Gasteiger partial charge in [0.05, 0.1) is 31.0 Å². The van der Waals surface area contributed by atoms with Crippen LogP contribution in [0.5, 0.6) is 5.88 Å². The minimum atomic E-state index is -1.01. The van der Waals surface area contributed by atoms with Gasteiger partial charge in [0.25, 0.3) is 5.91 Å². The average Bonchev–Trinajstić information content (AvgIpc) is 3.36. The number of pyridine rings is 1. The van der Waals surface area contributed by atoms with Crippen molar-refractivity contribution in [2.75, 3.05) is 17.4 Å². The Morgan fingerprint density at radius 1 is 1.21 bits per heavy atom. The molecule has 1 N–H and O–H groups in total. The van der Waals surface area contributed by atoms with Gasteiger partial charge in [-0.25, -0.2) is 4.98 Å². The lowest BCUT2D eigenvalue weighted by Gasteiger charge is -2.14. The number of carbonyl (C=O) groups is 2. The van der Waals surface area contributed by atoms with E-state index in [-0.39, 0.29) is 0 Å². The monoisotopic (exact) mass is 390 g/mol. The van der Waals surface area contributed by atoms with Crippen LogP contribution in [-0.4, -0.2) is 29.6 Å². The molecule has 0 fully saturated rings. The first-order valence-corrected chi connectivity index (χ1v) is 8.91. The maximum atomic E-state index is 12.8. The molecule has 0 saturated carbocycles. The summed E-state index contributed by atoms with van der Waals surface area (Å²) in [6, 6.07) is 14.1. The van der Waals surface area contributed by atoms with Crippen molar-refractivity contribution in [1.29, 1.82) is 0 Å².